The average Bonchev–Trinajstić information content (AvgIpc) is 2.17. The van der Waals surface area contributed by atoms with Crippen molar-refractivity contribution >= 4 is 45.1 Å². The molecular weight excluding hydrogens is 300 g/mol. The van der Waals surface area contributed by atoms with E-state index in [1.807, 2.05) is 0 Å². The maximum Gasteiger partial charge on any atom is 0.223 e. The number of benzene rings is 1. The number of guanidine groups is 2. The monoisotopic (exact) mass is 307 g/mol. The summed E-state index contributed by atoms with van der Waals surface area (Å²) in [4.78, 5) is 7.11. The summed E-state index contributed by atoms with van der Waals surface area (Å²) in [6, 6.07) is 2.64. The Morgan fingerprint density at radius 3 is 2.50 bits per heavy atom. The highest BCUT2D eigenvalue weighted by Gasteiger charge is 2.10. The van der Waals surface area contributed by atoms with Crippen molar-refractivity contribution in [1.29, 1.82) is 0 Å². The molecule has 0 aromatic heterocycles. The van der Waals surface area contributed by atoms with Crippen LogP contribution in [0.15, 0.2) is 26.6 Å². The first-order valence-corrected chi connectivity index (χ1v) is 5.16. The van der Waals surface area contributed by atoms with Gasteiger partial charge >= 0.3 is 0 Å². The summed E-state index contributed by atoms with van der Waals surface area (Å²) in [7, 11) is 0. The fourth-order valence-electron chi connectivity index (χ4n) is 0.891. The van der Waals surface area contributed by atoms with Gasteiger partial charge in [-0.3, -0.25) is 0 Å². The van der Waals surface area contributed by atoms with Gasteiger partial charge in [-0.05, 0) is 28.1 Å². The molecule has 0 saturated heterocycles. The van der Waals surface area contributed by atoms with E-state index in [0.717, 1.165) is 0 Å². The Kier molecular flexibility index (Phi) is 4.08. The Bertz CT molecular complexity index is 470. The van der Waals surface area contributed by atoms with Crippen molar-refractivity contribution in [1.82, 2.24) is 0 Å². The van der Waals surface area contributed by atoms with E-state index in [1.54, 1.807) is 0 Å². The van der Waals surface area contributed by atoms with E-state index < -0.39 is 5.82 Å². The minimum atomic E-state index is -0.623. The second-order valence-corrected chi connectivity index (χ2v) is 3.93. The standard InChI is InChI=1S/C8H8BrClFN5/c9-3-1-2-4(11)6(5(3)10)15-8(14)16-7(12)13/h1-2H,(H6,12,13,14,15,16). The molecule has 0 aliphatic heterocycles. The van der Waals surface area contributed by atoms with Gasteiger partial charge in [-0.1, -0.05) is 11.6 Å². The second-order valence-electron chi connectivity index (χ2n) is 2.70. The van der Waals surface area contributed by atoms with Gasteiger partial charge in [0.25, 0.3) is 0 Å². The number of hydrogen-bond donors (Lipinski definition) is 3. The summed E-state index contributed by atoms with van der Waals surface area (Å²) >= 11 is 8.95. The van der Waals surface area contributed by atoms with Gasteiger partial charge in [0.2, 0.25) is 5.96 Å². The topological polar surface area (TPSA) is 103 Å². The van der Waals surface area contributed by atoms with Crippen molar-refractivity contribution in [3.8, 4) is 0 Å². The quantitative estimate of drug-likeness (QED) is 0.416. The van der Waals surface area contributed by atoms with Crippen molar-refractivity contribution in [3.05, 3.63) is 27.4 Å². The third kappa shape index (κ3) is 3.07. The molecule has 0 radical (unpaired) electrons. The molecule has 0 spiro atoms. The lowest BCUT2D eigenvalue weighted by Gasteiger charge is -2.02. The number of nitrogens with two attached hydrogens (primary N) is 3. The van der Waals surface area contributed by atoms with Crippen LogP contribution in [0.25, 0.3) is 0 Å². The summed E-state index contributed by atoms with van der Waals surface area (Å²) in [5.74, 6) is -1.17. The van der Waals surface area contributed by atoms with Gasteiger partial charge in [0.1, 0.15) is 5.69 Å². The van der Waals surface area contributed by atoms with Crippen LogP contribution in [-0.2, 0) is 0 Å². The molecule has 1 aromatic rings. The first-order valence-electron chi connectivity index (χ1n) is 3.99. The van der Waals surface area contributed by atoms with E-state index in [2.05, 4.69) is 25.9 Å². The van der Waals surface area contributed by atoms with Crippen LogP contribution >= 0.6 is 27.5 Å². The van der Waals surface area contributed by atoms with E-state index in [4.69, 9.17) is 28.8 Å². The maximum atomic E-state index is 13.3. The van der Waals surface area contributed by atoms with Crippen molar-refractivity contribution in [2.45, 2.75) is 0 Å². The molecule has 8 heteroatoms. The molecule has 0 amide bonds. The molecule has 16 heavy (non-hydrogen) atoms. The summed E-state index contributed by atoms with van der Waals surface area (Å²) in [5, 5.41) is 0.0914. The second kappa shape index (κ2) is 5.13. The molecular formula is C8H8BrClFN5. The van der Waals surface area contributed by atoms with Crippen LogP contribution in [0.4, 0.5) is 10.1 Å². The first kappa shape index (κ1) is 12.7. The number of halogens is 3. The maximum absolute atomic E-state index is 13.3. The minimum absolute atomic E-state index is 0.0914. The van der Waals surface area contributed by atoms with Crippen LogP contribution in [0, 0.1) is 5.82 Å². The van der Waals surface area contributed by atoms with Gasteiger partial charge < -0.3 is 17.2 Å². The molecule has 0 aliphatic rings. The van der Waals surface area contributed by atoms with Crippen LogP contribution in [-0.4, -0.2) is 11.9 Å². The van der Waals surface area contributed by atoms with Gasteiger partial charge in [-0.25, -0.2) is 9.38 Å². The molecule has 1 aromatic carbocycles. The fraction of sp³-hybridized carbons (Fsp3) is 0. The molecule has 0 saturated carbocycles. The molecule has 0 bridgehead atoms. The SMILES string of the molecule is NC(N)=NC(N)=Nc1c(F)ccc(Br)c1Cl. The van der Waals surface area contributed by atoms with E-state index in [-0.39, 0.29) is 22.6 Å². The van der Waals surface area contributed by atoms with E-state index in [0.29, 0.717) is 4.47 Å². The zero-order valence-corrected chi connectivity index (χ0v) is 10.3. The van der Waals surface area contributed by atoms with Gasteiger partial charge in [0, 0.05) is 4.47 Å². The smallest absolute Gasteiger partial charge is 0.223 e. The van der Waals surface area contributed by atoms with E-state index in [1.165, 1.54) is 12.1 Å². The fourth-order valence-corrected chi connectivity index (χ4v) is 1.41. The van der Waals surface area contributed by atoms with E-state index >= 15 is 0 Å². The molecule has 6 N–H and O–H groups in total. The van der Waals surface area contributed by atoms with Crippen LogP contribution in [0.2, 0.25) is 5.02 Å². The Hall–Kier alpha value is -1.34. The highest BCUT2D eigenvalue weighted by molar-refractivity contribution is 9.10. The Morgan fingerprint density at radius 2 is 1.94 bits per heavy atom. The van der Waals surface area contributed by atoms with Crippen molar-refractivity contribution in [3.63, 3.8) is 0 Å². The van der Waals surface area contributed by atoms with E-state index in [9.17, 15) is 4.39 Å². The number of aliphatic imine (C=N–C) groups is 2. The average molecular weight is 309 g/mol. The van der Waals surface area contributed by atoms with Crippen molar-refractivity contribution < 1.29 is 4.39 Å². The lowest BCUT2D eigenvalue weighted by atomic mass is 10.3. The number of nitrogens with zero attached hydrogens (tertiary/aromatic N) is 2. The molecule has 0 unspecified atom stereocenters. The molecule has 0 heterocycles. The lowest BCUT2D eigenvalue weighted by Crippen LogP contribution is -2.26. The predicted octanol–water partition coefficient (Wildman–Crippen LogP) is 1.46. The third-order valence-electron chi connectivity index (χ3n) is 1.49. The molecule has 86 valence electrons. The van der Waals surface area contributed by atoms with Crippen LogP contribution < -0.4 is 17.2 Å². The van der Waals surface area contributed by atoms with Gasteiger partial charge in [0.15, 0.2) is 11.8 Å². The van der Waals surface area contributed by atoms with Crippen LogP contribution in [0.3, 0.4) is 0 Å². The predicted molar refractivity (Wildman–Crippen MR) is 66.2 cm³/mol. The third-order valence-corrected chi connectivity index (χ3v) is 2.76. The first-order chi connectivity index (χ1) is 7.41. The van der Waals surface area contributed by atoms with Crippen molar-refractivity contribution in [2.75, 3.05) is 0 Å². The summed E-state index contributed by atoms with van der Waals surface area (Å²) < 4.78 is 13.8. The molecule has 0 aliphatic carbocycles. The molecule has 5 nitrogen and oxygen atoms in total. The summed E-state index contributed by atoms with van der Waals surface area (Å²) in [6.07, 6.45) is 0. The molecule has 0 atom stereocenters. The zero-order chi connectivity index (χ0) is 12.3. The van der Waals surface area contributed by atoms with Crippen LogP contribution in [0.1, 0.15) is 0 Å². The van der Waals surface area contributed by atoms with Gasteiger partial charge in [-0.2, -0.15) is 4.99 Å². The summed E-state index contributed by atoms with van der Waals surface area (Å²) in [6.45, 7) is 0. The van der Waals surface area contributed by atoms with Crippen LogP contribution in [0.5, 0.6) is 0 Å². The normalized spacial score (nSPS) is 11.3. The lowest BCUT2D eigenvalue weighted by molar-refractivity contribution is 0.629. The van der Waals surface area contributed by atoms with Gasteiger partial charge in [-0.15, -0.1) is 0 Å². The Morgan fingerprint density at radius 1 is 1.31 bits per heavy atom. The minimum Gasteiger partial charge on any atom is -0.370 e. The Labute approximate surface area is 104 Å². The van der Waals surface area contributed by atoms with Gasteiger partial charge in [0.05, 0.1) is 5.02 Å². The largest absolute Gasteiger partial charge is 0.370 e. The zero-order valence-electron chi connectivity index (χ0n) is 7.92. The number of hydrogen-bond acceptors (Lipinski definition) is 1. The Balaban J connectivity index is 3.24. The highest BCUT2D eigenvalue weighted by atomic mass is 79.9. The molecule has 1 rings (SSSR count). The molecule has 0 fully saturated rings. The van der Waals surface area contributed by atoms with Crippen molar-refractivity contribution in [2.24, 2.45) is 27.2 Å². The number of rotatable bonds is 1. The summed E-state index contributed by atoms with van der Waals surface area (Å²) in [5.41, 5.74) is 15.4. The highest BCUT2D eigenvalue weighted by Crippen LogP contribution is 2.34.